The van der Waals surface area contributed by atoms with Gasteiger partial charge in [0.2, 0.25) is 0 Å². The first-order chi connectivity index (χ1) is 9.38. The van der Waals surface area contributed by atoms with Crippen molar-refractivity contribution in [2.75, 3.05) is 13.2 Å². The molecule has 0 unspecified atom stereocenters. The number of carbonyl (C=O) groups excluding carboxylic acids is 2. The van der Waals surface area contributed by atoms with E-state index in [1.165, 1.54) is 4.90 Å². The summed E-state index contributed by atoms with van der Waals surface area (Å²) in [5.41, 5.74) is 0.820. The van der Waals surface area contributed by atoms with Crippen LogP contribution < -0.4 is 0 Å². The molecule has 0 aromatic rings. The Morgan fingerprint density at radius 1 is 1.60 bits per heavy atom. The van der Waals surface area contributed by atoms with Gasteiger partial charge in [-0.3, -0.25) is 4.79 Å². The monoisotopic (exact) mass is 281 g/mol. The Labute approximate surface area is 120 Å². The molecule has 0 radical (unpaired) electrons. The zero-order valence-corrected chi connectivity index (χ0v) is 12.4. The van der Waals surface area contributed by atoms with Gasteiger partial charge in [-0.2, -0.15) is 0 Å². The van der Waals surface area contributed by atoms with E-state index in [2.05, 4.69) is 13.2 Å². The maximum atomic E-state index is 12.5. The first-order valence-electron chi connectivity index (χ1n) is 6.75. The van der Waals surface area contributed by atoms with E-state index in [1.54, 1.807) is 6.08 Å². The SMILES string of the molecule is C=CCO[C@@H](CC(=C)C)C(=O)N1C(=O)OC[C@H]1C(C)C. The summed E-state index contributed by atoms with van der Waals surface area (Å²) in [6.07, 6.45) is 0.627. The fraction of sp³-hybridized carbons (Fsp3) is 0.600. The van der Waals surface area contributed by atoms with Crippen LogP contribution in [0.25, 0.3) is 0 Å². The standard InChI is InChI=1S/C15H23NO4/c1-6-7-19-13(8-10(2)3)14(17)16-12(11(4)5)9-20-15(16)18/h6,11-13H,1-2,7-9H2,3-5H3/t12-,13-/m0/s1. The molecule has 2 amide bonds. The highest BCUT2D eigenvalue weighted by atomic mass is 16.6. The van der Waals surface area contributed by atoms with Crippen LogP contribution >= 0.6 is 0 Å². The highest BCUT2D eigenvalue weighted by molar-refractivity contribution is 5.96. The quantitative estimate of drug-likeness (QED) is 0.673. The van der Waals surface area contributed by atoms with Crippen LogP contribution in [-0.4, -0.2) is 42.3 Å². The van der Waals surface area contributed by atoms with E-state index in [4.69, 9.17) is 9.47 Å². The van der Waals surface area contributed by atoms with E-state index in [0.29, 0.717) is 6.42 Å². The van der Waals surface area contributed by atoms with Gasteiger partial charge in [0.15, 0.2) is 0 Å². The third-order valence-electron chi connectivity index (χ3n) is 3.14. The van der Waals surface area contributed by atoms with Crippen LogP contribution in [0.4, 0.5) is 4.79 Å². The lowest BCUT2D eigenvalue weighted by Gasteiger charge is -2.26. The molecule has 20 heavy (non-hydrogen) atoms. The van der Waals surface area contributed by atoms with Crippen molar-refractivity contribution in [2.45, 2.75) is 39.3 Å². The summed E-state index contributed by atoms with van der Waals surface area (Å²) in [5, 5.41) is 0. The van der Waals surface area contributed by atoms with Crippen LogP contribution in [0.5, 0.6) is 0 Å². The first-order valence-corrected chi connectivity index (χ1v) is 6.75. The minimum absolute atomic E-state index is 0.135. The molecule has 0 saturated carbocycles. The number of carbonyl (C=O) groups is 2. The van der Waals surface area contributed by atoms with E-state index in [0.717, 1.165) is 5.57 Å². The van der Waals surface area contributed by atoms with Gasteiger partial charge in [0.05, 0.1) is 12.6 Å². The second-order valence-corrected chi connectivity index (χ2v) is 5.37. The van der Waals surface area contributed by atoms with Gasteiger partial charge >= 0.3 is 6.09 Å². The average Bonchev–Trinajstić information content (AvgIpc) is 2.75. The molecule has 112 valence electrons. The Bertz CT molecular complexity index is 403. The third-order valence-corrected chi connectivity index (χ3v) is 3.14. The summed E-state index contributed by atoms with van der Waals surface area (Å²) in [6, 6.07) is -0.241. The molecule has 5 heteroatoms. The minimum Gasteiger partial charge on any atom is -0.447 e. The van der Waals surface area contributed by atoms with Gasteiger partial charge in [0, 0.05) is 6.42 Å². The molecule has 1 fully saturated rings. The normalized spacial score (nSPS) is 19.9. The van der Waals surface area contributed by atoms with Crippen molar-refractivity contribution in [3.05, 3.63) is 24.8 Å². The van der Waals surface area contributed by atoms with Crippen LogP contribution in [0.3, 0.4) is 0 Å². The van der Waals surface area contributed by atoms with Crippen LogP contribution in [0, 0.1) is 5.92 Å². The number of cyclic esters (lactones) is 1. The lowest BCUT2D eigenvalue weighted by molar-refractivity contribution is -0.141. The number of imide groups is 1. The van der Waals surface area contributed by atoms with Gasteiger partial charge in [0.25, 0.3) is 5.91 Å². The van der Waals surface area contributed by atoms with E-state index < -0.39 is 12.2 Å². The predicted molar refractivity (Wildman–Crippen MR) is 76.2 cm³/mol. The highest BCUT2D eigenvalue weighted by Crippen LogP contribution is 2.22. The molecule has 0 aromatic heterocycles. The Morgan fingerprint density at radius 2 is 2.25 bits per heavy atom. The van der Waals surface area contributed by atoms with Crippen molar-refractivity contribution >= 4 is 12.0 Å². The molecule has 5 nitrogen and oxygen atoms in total. The number of hydrogen-bond donors (Lipinski definition) is 0. The maximum absolute atomic E-state index is 12.5. The van der Waals surface area contributed by atoms with E-state index in [-0.39, 0.29) is 31.1 Å². The third kappa shape index (κ3) is 3.93. The summed E-state index contributed by atoms with van der Waals surface area (Å²) >= 11 is 0. The summed E-state index contributed by atoms with van der Waals surface area (Å²) in [6.45, 7) is 13.6. The summed E-state index contributed by atoms with van der Waals surface area (Å²) < 4.78 is 10.5. The Morgan fingerprint density at radius 3 is 2.75 bits per heavy atom. The second kappa shape index (κ2) is 7.24. The predicted octanol–water partition coefficient (Wildman–Crippen LogP) is 2.53. The van der Waals surface area contributed by atoms with Crippen molar-refractivity contribution in [3.8, 4) is 0 Å². The molecule has 1 heterocycles. The largest absolute Gasteiger partial charge is 0.447 e. The molecule has 2 atom stereocenters. The molecule has 1 saturated heterocycles. The number of amides is 2. The molecule has 1 rings (SSSR count). The Hall–Kier alpha value is -1.62. The molecular weight excluding hydrogens is 258 g/mol. The molecule has 1 aliphatic heterocycles. The van der Waals surface area contributed by atoms with E-state index >= 15 is 0 Å². The average molecular weight is 281 g/mol. The number of rotatable bonds is 7. The number of ether oxygens (including phenoxy) is 2. The number of hydrogen-bond acceptors (Lipinski definition) is 4. The van der Waals surface area contributed by atoms with Gasteiger partial charge in [-0.05, 0) is 12.8 Å². The van der Waals surface area contributed by atoms with Crippen molar-refractivity contribution in [1.29, 1.82) is 0 Å². The molecular formula is C15H23NO4. The van der Waals surface area contributed by atoms with Crippen molar-refractivity contribution < 1.29 is 19.1 Å². The van der Waals surface area contributed by atoms with Gasteiger partial charge in [-0.15, -0.1) is 13.2 Å². The minimum atomic E-state index is -0.725. The first kappa shape index (κ1) is 16.4. The molecule has 1 aliphatic rings. The molecule has 0 spiro atoms. The van der Waals surface area contributed by atoms with Gasteiger partial charge in [-0.25, -0.2) is 9.69 Å². The topological polar surface area (TPSA) is 55.8 Å². The molecule has 0 aliphatic carbocycles. The molecule has 0 bridgehead atoms. The van der Waals surface area contributed by atoms with Crippen molar-refractivity contribution in [3.63, 3.8) is 0 Å². The van der Waals surface area contributed by atoms with Crippen molar-refractivity contribution in [1.82, 2.24) is 4.90 Å². The van der Waals surface area contributed by atoms with Crippen LogP contribution in [0.2, 0.25) is 0 Å². The zero-order valence-electron chi connectivity index (χ0n) is 12.4. The smallest absolute Gasteiger partial charge is 0.417 e. The summed E-state index contributed by atoms with van der Waals surface area (Å²) in [5.74, 6) is -0.230. The summed E-state index contributed by atoms with van der Waals surface area (Å²) in [7, 11) is 0. The number of nitrogens with zero attached hydrogens (tertiary/aromatic N) is 1. The fourth-order valence-electron chi connectivity index (χ4n) is 2.05. The van der Waals surface area contributed by atoms with Crippen LogP contribution in [-0.2, 0) is 14.3 Å². The fourth-order valence-corrected chi connectivity index (χ4v) is 2.05. The Balaban J connectivity index is 2.87. The van der Waals surface area contributed by atoms with Gasteiger partial charge in [0.1, 0.15) is 12.7 Å². The Kier molecular flexibility index (Phi) is 5.95. The van der Waals surface area contributed by atoms with E-state index in [9.17, 15) is 9.59 Å². The van der Waals surface area contributed by atoms with E-state index in [1.807, 2.05) is 20.8 Å². The van der Waals surface area contributed by atoms with Crippen LogP contribution in [0.15, 0.2) is 24.8 Å². The summed E-state index contributed by atoms with van der Waals surface area (Å²) in [4.78, 5) is 25.5. The molecule has 0 aromatic carbocycles. The van der Waals surface area contributed by atoms with Crippen molar-refractivity contribution in [2.24, 2.45) is 5.92 Å². The van der Waals surface area contributed by atoms with Crippen LogP contribution in [0.1, 0.15) is 27.2 Å². The lowest BCUT2D eigenvalue weighted by Crippen LogP contribution is -2.47. The van der Waals surface area contributed by atoms with Gasteiger partial charge < -0.3 is 9.47 Å². The lowest BCUT2D eigenvalue weighted by atomic mass is 10.0. The highest BCUT2D eigenvalue weighted by Gasteiger charge is 2.42. The molecule has 0 N–H and O–H groups in total. The maximum Gasteiger partial charge on any atom is 0.417 e. The zero-order chi connectivity index (χ0) is 15.3. The van der Waals surface area contributed by atoms with Gasteiger partial charge in [-0.1, -0.05) is 25.5 Å². The second-order valence-electron chi connectivity index (χ2n) is 5.37.